The maximum atomic E-state index is 13.8. The molecule has 8 heteroatoms. The molecule has 7 nitrogen and oxygen atoms in total. The van der Waals surface area contributed by atoms with Gasteiger partial charge in [0.05, 0.1) is 29.0 Å². The fourth-order valence-corrected chi connectivity index (χ4v) is 5.09. The summed E-state index contributed by atoms with van der Waals surface area (Å²) in [6, 6.07) is 17.7. The second-order valence-corrected chi connectivity index (χ2v) is 11.3. The molecule has 3 aromatic carbocycles. The zero-order chi connectivity index (χ0) is 28.3. The molecule has 4 rings (SSSR count). The van der Waals surface area contributed by atoms with E-state index in [0.29, 0.717) is 51.1 Å². The molecular formula is C31H33N3O4S. The second kappa shape index (κ2) is 11.9. The number of ether oxygens (including phenoxy) is 1. The molecule has 1 heterocycles. The van der Waals surface area contributed by atoms with E-state index in [1.165, 1.54) is 16.3 Å². The van der Waals surface area contributed by atoms with Gasteiger partial charge in [-0.1, -0.05) is 37.7 Å². The highest BCUT2D eigenvalue weighted by molar-refractivity contribution is 8.00. The standard InChI is InChI=1S/C31H33N3O4S/c1-18(2)17-32-29(36)23-9-14-26-27(16-23)33-31(34(30(26)37)24-10-12-25(38-6)13-11-24)39-21(5)28(35)22-8-7-19(3)20(4)15-22/h7-16,18,21H,17H2,1-6H3,(H,32,36)/t21-/m1/s1. The van der Waals surface area contributed by atoms with Crippen LogP contribution in [0.25, 0.3) is 16.6 Å². The van der Waals surface area contributed by atoms with Crippen molar-refractivity contribution in [2.75, 3.05) is 13.7 Å². The molecule has 202 valence electrons. The Morgan fingerprint density at radius 2 is 1.64 bits per heavy atom. The van der Waals surface area contributed by atoms with E-state index in [4.69, 9.17) is 9.72 Å². The van der Waals surface area contributed by atoms with Gasteiger partial charge in [-0.2, -0.15) is 0 Å². The van der Waals surface area contributed by atoms with Crippen LogP contribution in [0, 0.1) is 19.8 Å². The predicted molar refractivity (Wildman–Crippen MR) is 157 cm³/mol. The second-order valence-electron chi connectivity index (χ2n) is 9.99. The van der Waals surface area contributed by atoms with Crippen LogP contribution < -0.4 is 15.6 Å². The summed E-state index contributed by atoms with van der Waals surface area (Å²) in [5.74, 6) is 0.688. The quantitative estimate of drug-likeness (QED) is 0.164. The number of hydrogen-bond acceptors (Lipinski definition) is 6. The van der Waals surface area contributed by atoms with Crippen LogP contribution in [0.4, 0.5) is 0 Å². The van der Waals surface area contributed by atoms with Crippen LogP contribution in [-0.2, 0) is 0 Å². The van der Waals surface area contributed by atoms with Crippen molar-refractivity contribution < 1.29 is 14.3 Å². The topological polar surface area (TPSA) is 90.3 Å². The number of nitrogens with one attached hydrogen (secondary N) is 1. The van der Waals surface area contributed by atoms with E-state index in [9.17, 15) is 14.4 Å². The highest BCUT2D eigenvalue weighted by Gasteiger charge is 2.22. The Balaban J connectivity index is 1.80. The molecule has 0 bridgehead atoms. The zero-order valence-electron chi connectivity index (χ0n) is 23.1. The molecule has 1 aromatic heterocycles. The van der Waals surface area contributed by atoms with Gasteiger partial charge in [0.15, 0.2) is 10.9 Å². The number of benzene rings is 3. The molecule has 4 aromatic rings. The average molecular weight is 544 g/mol. The van der Waals surface area contributed by atoms with Crippen LogP contribution in [0.1, 0.15) is 52.6 Å². The molecule has 1 N–H and O–H groups in total. The summed E-state index contributed by atoms with van der Waals surface area (Å²) >= 11 is 1.22. The minimum absolute atomic E-state index is 0.0551. The van der Waals surface area contributed by atoms with Gasteiger partial charge in [-0.3, -0.25) is 19.0 Å². The molecule has 1 atom stereocenters. The Hall–Kier alpha value is -3.91. The molecule has 0 aliphatic carbocycles. The maximum absolute atomic E-state index is 13.8. The van der Waals surface area contributed by atoms with Crippen LogP contribution in [-0.4, -0.2) is 40.1 Å². The number of nitrogens with zero attached hydrogens (tertiary/aromatic N) is 2. The molecule has 1 amide bonds. The van der Waals surface area contributed by atoms with Crippen molar-refractivity contribution in [1.29, 1.82) is 0 Å². The predicted octanol–water partition coefficient (Wildman–Crippen LogP) is 5.76. The lowest BCUT2D eigenvalue weighted by Crippen LogP contribution is -2.27. The van der Waals surface area contributed by atoms with E-state index in [-0.39, 0.29) is 17.2 Å². The van der Waals surface area contributed by atoms with Gasteiger partial charge in [0.1, 0.15) is 5.75 Å². The number of Topliss-reactive ketones (excluding diaryl/α,β-unsaturated/α-hetero) is 1. The largest absolute Gasteiger partial charge is 0.497 e. The molecule has 0 saturated carbocycles. The number of ketones is 1. The number of aryl methyl sites for hydroxylation is 2. The smallest absolute Gasteiger partial charge is 0.266 e. The van der Waals surface area contributed by atoms with Crippen molar-refractivity contribution in [2.24, 2.45) is 5.92 Å². The number of rotatable bonds is 9. The maximum Gasteiger partial charge on any atom is 0.266 e. The summed E-state index contributed by atoms with van der Waals surface area (Å²) in [4.78, 5) is 44.7. The Morgan fingerprint density at radius 1 is 0.949 bits per heavy atom. The fraction of sp³-hybridized carbons (Fsp3) is 0.290. The fourth-order valence-electron chi connectivity index (χ4n) is 4.08. The van der Waals surface area contributed by atoms with Gasteiger partial charge < -0.3 is 10.1 Å². The van der Waals surface area contributed by atoms with Gasteiger partial charge in [0, 0.05) is 17.7 Å². The first kappa shape index (κ1) is 28.1. The Morgan fingerprint density at radius 3 is 2.28 bits per heavy atom. The van der Waals surface area contributed by atoms with E-state index < -0.39 is 5.25 Å². The van der Waals surface area contributed by atoms with Crippen molar-refractivity contribution >= 4 is 34.4 Å². The summed E-state index contributed by atoms with van der Waals surface area (Å²) in [5.41, 5.74) is 3.91. The summed E-state index contributed by atoms with van der Waals surface area (Å²) in [6.07, 6.45) is 0. The van der Waals surface area contributed by atoms with Gasteiger partial charge in [-0.05, 0) is 86.3 Å². The number of carbonyl (C=O) groups excluding carboxylic acids is 2. The highest BCUT2D eigenvalue weighted by atomic mass is 32.2. The summed E-state index contributed by atoms with van der Waals surface area (Å²) in [5, 5.41) is 3.13. The van der Waals surface area contributed by atoms with E-state index in [0.717, 1.165) is 11.1 Å². The molecular weight excluding hydrogens is 510 g/mol. The molecule has 0 radical (unpaired) electrons. The van der Waals surface area contributed by atoms with Crippen molar-refractivity contribution in [3.05, 3.63) is 93.3 Å². The lowest BCUT2D eigenvalue weighted by atomic mass is 10.0. The average Bonchev–Trinajstić information content (AvgIpc) is 2.92. The molecule has 0 saturated heterocycles. The van der Waals surface area contributed by atoms with Crippen LogP contribution in [0.15, 0.2) is 70.6 Å². The SMILES string of the molecule is COc1ccc(-n2c(S[C@H](C)C(=O)c3ccc(C)c(C)c3)nc3cc(C(=O)NCC(C)C)ccc3c2=O)cc1. The summed E-state index contributed by atoms with van der Waals surface area (Å²) < 4.78 is 6.79. The first-order chi connectivity index (χ1) is 18.6. The first-order valence-electron chi connectivity index (χ1n) is 12.9. The normalized spacial score (nSPS) is 12.0. The van der Waals surface area contributed by atoms with Gasteiger partial charge in [-0.25, -0.2) is 4.98 Å². The van der Waals surface area contributed by atoms with Crippen LogP contribution in [0.3, 0.4) is 0 Å². The Kier molecular flexibility index (Phi) is 8.55. The first-order valence-corrected chi connectivity index (χ1v) is 13.7. The molecule has 0 fully saturated rings. The molecule has 0 aliphatic rings. The van der Waals surface area contributed by atoms with Crippen LogP contribution in [0.5, 0.6) is 5.75 Å². The molecule has 0 unspecified atom stereocenters. The van der Waals surface area contributed by atoms with Crippen molar-refractivity contribution in [3.63, 3.8) is 0 Å². The number of carbonyl (C=O) groups is 2. The minimum Gasteiger partial charge on any atom is -0.497 e. The Bertz CT molecular complexity index is 1590. The molecule has 39 heavy (non-hydrogen) atoms. The van der Waals surface area contributed by atoms with Gasteiger partial charge in [-0.15, -0.1) is 0 Å². The third kappa shape index (κ3) is 6.23. The minimum atomic E-state index is -0.515. The molecule has 0 spiro atoms. The summed E-state index contributed by atoms with van der Waals surface area (Å²) in [7, 11) is 1.58. The lowest BCUT2D eigenvalue weighted by molar-refractivity contribution is 0.0948. The van der Waals surface area contributed by atoms with E-state index >= 15 is 0 Å². The number of methoxy groups -OCH3 is 1. The van der Waals surface area contributed by atoms with Crippen molar-refractivity contribution in [1.82, 2.24) is 14.9 Å². The van der Waals surface area contributed by atoms with E-state index in [1.807, 2.05) is 52.8 Å². The van der Waals surface area contributed by atoms with Crippen molar-refractivity contribution in [2.45, 2.75) is 45.0 Å². The third-order valence-electron chi connectivity index (χ3n) is 6.55. The van der Waals surface area contributed by atoms with E-state index in [1.54, 1.807) is 49.6 Å². The van der Waals surface area contributed by atoms with Gasteiger partial charge in [0.25, 0.3) is 11.5 Å². The number of thioether (sulfide) groups is 1. The van der Waals surface area contributed by atoms with Gasteiger partial charge in [0.2, 0.25) is 0 Å². The van der Waals surface area contributed by atoms with Crippen LogP contribution in [0.2, 0.25) is 0 Å². The third-order valence-corrected chi connectivity index (χ3v) is 7.60. The number of hydrogen-bond donors (Lipinski definition) is 1. The zero-order valence-corrected chi connectivity index (χ0v) is 23.9. The monoisotopic (exact) mass is 543 g/mol. The lowest BCUT2D eigenvalue weighted by Gasteiger charge is -2.17. The Labute approximate surface area is 232 Å². The number of fused-ring (bicyclic) bond motifs is 1. The van der Waals surface area contributed by atoms with Crippen LogP contribution >= 0.6 is 11.8 Å². The molecule has 0 aliphatic heterocycles. The number of amides is 1. The number of aromatic nitrogens is 2. The highest BCUT2D eigenvalue weighted by Crippen LogP contribution is 2.28. The summed E-state index contributed by atoms with van der Waals surface area (Å²) in [6.45, 7) is 10.4. The van der Waals surface area contributed by atoms with Gasteiger partial charge >= 0.3 is 0 Å². The van der Waals surface area contributed by atoms with E-state index in [2.05, 4.69) is 5.32 Å². The van der Waals surface area contributed by atoms with Crippen molar-refractivity contribution in [3.8, 4) is 11.4 Å².